The van der Waals surface area contributed by atoms with Crippen LogP contribution in [0.15, 0.2) is 33.8 Å². The Balaban J connectivity index is 2.02. The van der Waals surface area contributed by atoms with Crippen molar-refractivity contribution in [2.75, 3.05) is 7.05 Å². The van der Waals surface area contributed by atoms with Crippen LogP contribution in [-0.2, 0) is 9.59 Å². The Bertz CT molecular complexity index is 554. The fourth-order valence-corrected chi connectivity index (χ4v) is 2.21. The van der Waals surface area contributed by atoms with Crippen molar-refractivity contribution in [1.29, 1.82) is 0 Å². The number of halogens is 1. The van der Waals surface area contributed by atoms with Gasteiger partial charge < -0.3 is 5.32 Å². The van der Waals surface area contributed by atoms with Crippen LogP contribution in [0.4, 0.5) is 0 Å². The summed E-state index contributed by atoms with van der Waals surface area (Å²) in [7, 11) is 1.56. The van der Waals surface area contributed by atoms with Crippen molar-refractivity contribution in [1.82, 2.24) is 10.3 Å². The number of benzene rings is 1. The fraction of sp³-hybridized carbons (Fsp3) is 0.357. The van der Waals surface area contributed by atoms with E-state index in [1.165, 1.54) is 5.01 Å². The van der Waals surface area contributed by atoms with Gasteiger partial charge in [0.15, 0.2) is 0 Å². The fourth-order valence-electron chi connectivity index (χ4n) is 1.95. The van der Waals surface area contributed by atoms with Crippen molar-refractivity contribution in [3.63, 3.8) is 0 Å². The zero-order valence-corrected chi connectivity index (χ0v) is 13.0. The van der Waals surface area contributed by atoms with Crippen LogP contribution in [0.25, 0.3) is 0 Å². The van der Waals surface area contributed by atoms with Gasteiger partial charge in [-0.2, -0.15) is 5.10 Å². The third-order valence-electron chi connectivity index (χ3n) is 3.19. The molecule has 2 rings (SSSR count). The van der Waals surface area contributed by atoms with E-state index in [4.69, 9.17) is 0 Å². The van der Waals surface area contributed by atoms with E-state index in [0.717, 1.165) is 10.0 Å². The lowest BCUT2D eigenvalue weighted by Gasteiger charge is -2.20. The van der Waals surface area contributed by atoms with Gasteiger partial charge in [-0.1, -0.05) is 28.1 Å². The van der Waals surface area contributed by atoms with E-state index in [-0.39, 0.29) is 17.9 Å². The second-order valence-corrected chi connectivity index (χ2v) is 5.63. The second kappa shape index (κ2) is 6.17. The standard InChI is InChI=1S/C14H16BrN3O2/c1-9(10-3-5-11(15)6-4-10)16-14(20)12-7-8-13(19)18(2)17-12/h3-6,9H,7-8H2,1-2H3,(H,16,20). The number of carbonyl (C=O) groups is 2. The number of carbonyl (C=O) groups excluding carboxylic acids is 2. The van der Waals surface area contributed by atoms with Crippen molar-refractivity contribution in [2.24, 2.45) is 5.10 Å². The molecule has 0 aliphatic carbocycles. The van der Waals surface area contributed by atoms with E-state index in [2.05, 4.69) is 26.3 Å². The van der Waals surface area contributed by atoms with Crippen LogP contribution >= 0.6 is 15.9 Å². The number of hydrogen-bond donors (Lipinski definition) is 1. The van der Waals surface area contributed by atoms with E-state index < -0.39 is 0 Å². The Hall–Kier alpha value is -1.69. The minimum absolute atomic E-state index is 0.0671. The Morgan fingerprint density at radius 1 is 1.35 bits per heavy atom. The van der Waals surface area contributed by atoms with Crippen LogP contribution in [0.3, 0.4) is 0 Å². The molecule has 1 aromatic rings. The summed E-state index contributed by atoms with van der Waals surface area (Å²) in [5, 5.41) is 8.13. The number of nitrogens with one attached hydrogen (secondary N) is 1. The predicted octanol–water partition coefficient (Wildman–Crippen LogP) is 2.23. The molecule has 2 amide bonds. The smallest absolute Gasteiger partial charge is 0.267 e. The molecule has 0 aromatic heterocycles. The van der Waals surface area contributed by atoms with Crippen LogP contribution in [0.5, 0.6) is 0 Å². The lowest BCUT2D eigenvalue weighted by Crippen LogP contribution is -2.38. The average molecular weight is 338 g/mol. The van der Waals surface area contributed by atoms with Crippen molar-refractivity contribution in [2.45, 2.75) is 25.8 Å². The highest BCUT2D eigenvalue weighted by molar-refractivity contribution is 9.10. The quantitative estimate of drug-likeness (QED) is 0.919. The first-order valence-electron chi connectivity index (χ1n) is 6.37. The summed E-state index contributed by atoms with van der Waals surface area (Å²) in [6.07, 6.45) is 0.720. The van der Waals surface area contributed by atoms with E-state index in [0.29, 0.717) is 18.6 Å². The lowest BCUT2D eigenvalue weighted by atomic mass is 10.1. The average Bonchev–Trinajstić information content (AvgIpc) is 2.42. The first-order chi connectivity index (χ1) is 9.47. The van der Waals surface area contributed by atoms with Gasteiger partial charge in [-0.05, 0) is 24.6 Å². The minimum atomic E-state index is -0.222. The molecule has 1 N–H and O–H groups in total. The highest BCUT2D eigenvalue weighted by atomic mass is 79.9. The maximum Gasteiger partial charge on any atom is 0.267 e. The second-order valence-electron chi connectivity index (χ2n) is 4.71. The van der Waals surface area contributed by atoms with Gasteiger partial charge in [-0.25, -0.2) is 5.01 Å². The molecule has 1 aliphatic heterocycles. The molecule has 0 bridgehead atoms. The molecule has 0 saturated heterocycles. The van der Waals surface area contributed by atoms with Gasteiger partial charge in [0.1, 0.15) is 5.71 Å². The molecule has 0 radical (unpaired) electrons. The summed E-state index contributed by atoms with van der Waals surface area (Å²) < 4.78 is 0.997. The van der Waals surface area contributed by atoms with Crippen LogP contribution in [0.1, 0.15) is 31.4 Å². The number of amides is 2. The molecule has 106 valence electrons. The molecule has 0 fully saturated rings. The van der Waals surface area contributed by atoms with Crippen molar-refractivity contribution in [3.8, 4) is 0 Å². The zero-order chi connectivity index (χ0) is 14.7. The van der Waals surface area contributed by atoms with Gasteiger partial charge in [-0.3, -0.25) is 9.59 Å². The van der Waals surface area contributed by atoms with Crippen LogP contribution < -0.4 is 5.32 Å². The highest BCUT2D eigenvalue weighted by Crippen LogP contribution is 2.17. The van der Waals surface area contributed by atoms with Crippen molar-refractivity contribution >= 4 is 33.5 Å². The molecule has 6 heteroatoms. The van der Waals surface area contributed by atoms with Gasteiger partial charge in [-0.15, -0.1) is 0 Å². The molecular formula is C14H16BrN3O2. The van der Waals surface area contributed by atoms with E-state index >= 15 is 0 Å². The summed E-state index contributed by atoms with van der Waals surface area (Å²) in [6, 6.07) is 7.66. The maximum atomic E-state index is 12.1. The van der Waals surface area contributed by atoms with Crippen LogP contribution in [0.2, 0.25) is 0 Å². The van der Waals surface area contributed by atoms with Gasteiger partial charge in [0.05, 0.1) is 6.04 Å². The monoisotopic (exact) mass is 337 g/mol. The van der Waals surface area contributed by atoms with Gasteiger partial charge >= 0.3 is 0 Å². The SMILES string of the molecule is CC(NC(=O)C1=NN(C)C(=O)CC1)c1ccc(Br)cc1. The Kier molecular flexibility index (Phi) is 4.54. The molecule has 0 spiro atoms. The molecule has 5 nitrogen and oxygen atoms in total. The van der Waals surface area contributed by atoms with Gasteiger partial charge in [0.25, 0.3) is 5.91 Å². The first kappa shape index (κ1) is 14.7. The number of hydrazone groups is 1. The summed E-state index contributed by atoms with van der Waals surface area (Å²) in [5.74, 6) is -0.290. The van der Waals surface area contributed by atoms with Crippen LogP contribution in [0, 0.1) is 0 Å². The third-order valence-corrected chi connectivity index (χ3v) is 3.72. The lowest BCUT2D eigenvalue weighted by molar-refractivity contribution is -0.130. The third kappa shape index (κ3) is 3.45. The Morgan fingerprint density at radius 2 is 2.00 bits per heavy atom. The van der Waals surface area contributed by atoms with E-state index in [9.17, 15) is 9.59 Å². The summed E-state index contributed by atoms with van der Waals surface area (Å²) >= 11 is 3.38. The maximum absolute atomic E-state index is 12.1. The molecule has 1 aliphatic rings. The molecule has 1 atom stereocenters. The zero-order valence-electron chi connectivity index (χ0n) is 11.4. The first-order valence-corrected chi connectivity index (χ1v) is 7.17. The van der Waals surface area contributed by atoms with Crippen molar-refractivity contribution in [3.05, 3.63) is 34.3 Å². The molecule has 0 saturated carbocycles. The highest BCUT2D eigenvalue weighted by Gasteiger charge is 2.23. The molecule has 1 aromatic carbocycles. The Morgan fingerprint density at radius 3 is 2.60 bits per heavy atom. The minimum Gasteiger partial charge on any atom is -0.344 e. The number of hydrogen-bond acceptors (Lipinski definition) is 3. The van der Waals surface area contributed by atoms with Crippen molar-refractivity contribution < 1.29 is 9.59 Å². The van der Waals surface area contributed by atoms with E-state index in [1.807, 2.05) is 31.2 Å². The largest absolute Gasteiger partial charge is 0.344 e. The molecule has 20 heavy (non-hydrogen) atoms. The topological polar surface area (TPSA) is 61.8 Å². The predicted molar refractivity (Wildman–Crippen MR) is 80.1 cm³/mol. The summed E-state index contributed by atoms with van der Waals surface area (Å²) in [4.78, 5) is 23.4. The number of nitrogens with zero attached hydrogens (tertiary/aromatic N) is 2. The van der Waals surface area contributed by atoms with Crippen LogP contribution in [-0.4, -0.2) is 29.6 Å². The van der Waals surface area contributed by atoms with Gasteiger partial charge in [0.2, 0.25) is 5.91 Å². The van der Waals surface area contributed by atoms with Gasteiger partial charge in [0, 0.05) is 24.4 Å². The number of rotatable bonds is 3. The normalized spacial score (nSPS) is 16.6. The molecular weight excluding hydrogens is 322 g/mol. The molecule has 1 unspecified atom stereocenters. The molecule has 1 heterocycles. The van der Waals surface area contributed by atoms with E-state index in [1.54, 1.807) is 7.05 Å². The summed E-state index contributed by atoms with van der Waals surface area (Å²) in [5.41, 5.74) is 1.42. The Labute approximate surface area is 126 Å². The summed E-state index contributed by atoms with van der Waals surface area (Å²) in [6.45, 7) is 1.92.